The normalized spacial score (nSPS) is 18.9. The van der Waals surface area contributed by atoms with Gasteiger partial charge in [-0.25, -0.2) is 15.0 Å². The highest BCUT2D eigenvalue weighted by molar-refractivity contribution is 5.87. The van der Waals surface area contributed by atoms with E-state index in [4.69, 9.17) is 15.0 Å². The first-order valence-corrected chi connectivity index (χ1v) is 14.3. The molecule has 2 aliphatic rings. The molecule has 2 saturated carbocycles. The SMILES string of the molecule is c1ccc(-c2nc3ccccc3nc2-c2ccc(-c3ccc(-c4nc5ccccc5n4C4C5CC54)cc3)cc2)cc1. The topological polar surface area (TPSA) is 43.6 Å². The number of hydrogen-bond donors (Lipinski definition) is 0. The fourth-order valence-corrected chi connectivity index (χ4v) is 6.31. The fourth-order valence-electron chi connectivity index (χ4n) is 6.31. The van der Waals surface area contributed by atoms with Gasteiger partial charge in [0.15, 0.2) is 0 Å². The van der Waals surface area contributed by atoms with Gasteiger partial charge >= 0.3 is 0 Å². The van der Waals surface area contributed by atoms with Crippen molar-refractivity contribution in [3.63, 3.8) is 0 Å². The molecule has 4 nitrogen and oxygen atoms in total. The van der Waals surface area contributed by atoms with Crippen LogP contribution in [0.5, 0.6) is 0 Å². The van der Waals surface area contributed by atoms with Crippen LogP contribution < -0.4 is 0 Å². The summed E-state index contributed by atoms with van der Waals surface area (Å²) < 4.78 is 2.49. The Morgan fingerprint density at radius 3 is 1.51 bits per heavy atom. The molecular formula is C37H26N4. The predicted molar refractivity (Wildman–Crippen MR) is 165 cm³/mol. The van der Waals surface area contributed by atoms with Gasteiger partial charge in [-0.1, -0.05) is 103 Å². The fraction of sp³-hybridized carbons (Fsp3) is 0.108. The monoisotopic (exact) mass is 526 g/mol. The van der Waals surface area contributed by atoms with Crippen molar-refractivity contribution in [2.45, 2.75) is 12.5 Å². The van der Waals surface area contributed by atoms with Gasteiger partial charge in [-0.2, -0.15) is 0 Å². The van der Waals surface area contributed by atoms with Gasteiger partial charge in [0.25, 0.3) is 0 Å². The highest BCUT2D eigenvalue weighted by Crippen LogP contribution is 2.72. The molecule has 0 spiro atoms. The van der Waals surface area contributed by atoms with Gasteiger partial charge in [0.1, 0.15) is 5.82 Å². The van der Waals surface area contributed by atoms with E-state index in [1.165, 1.54) is 28.6 Å². The van der Waals surface area contributed by atoms with Crippen LogP contribution in [0.2, 0.25) is 0 Å². The maximum Gasteiger partial charge on any atom is 0.141 e. The highest BCUT2D eigenvalue weighted by Gasteiger charge is 2.66. The van der Waals surface area contributed by atoms with E-state index in [1.54, 1.807) is 0 Å². The van der Waals surface area contributed by atoms with E-state index < -0.39 is 0 Å². The maximum absolute atomic E-state index is 5.05. The number of nitrogens with zero attached hydrogens (tertiary/aromatic N) is 4. The summed E-state index contributed by atoms with van der Waals surface area (Å²) in [7, 11) is 0. The lowest BCUT2D eigenvalue weighted by Crippen LogP contribution is -2.03. The van der Waals surface area contributed by atoms with Crippen molar-refractivity contribution in [1.29, 1.82) is 0 Å². The van der Waals surface area contributed by atoms with Crippen molar-refractivity contribution < 1.29 is 0 Å². The Kier molecular flexibility index (Phi) is 4.82. The van der Waals surface area contributed by atoms with Crippen LogP contribution in [0, 0.1) is 11.8 Å². The van der Waals surface area contributed by atoms with Crippen LogP contribution in [0.3, 0.4) is 0 Å². The zero-order valence-electron chi connectivity index (χ0n) is 22.4. The van der Waals surface area contributed by atoms with Crippen LogP contribution in [-0.4, -0.2) is 19.5 Å². The minimum absolute atomic E-state index is 0.628. The molecule has 2 aromatic heterocycles. The van der Waals surface area contributed by atoms with Crippen LogP contribution in [0.15, 0.2) is 127 Å². The Morgan fingerprint density at radius 1 is 0.439 bits per heavy atom. The number of aromatic nitrogens is 4. The standard InChI is InChI=1S/C37H26N4/c1-2-8-25(9-3-1)34-35(39-31-11-5-4-10-30(31)38-34)26-18-14-23(15-19-26)24-16-20-27(21-17-24)37-40-32-12-6-7-13-33(32)41(37)36-28-22-29(28)36/h1-21,28-29,36H,22H2. The number of para-hydroxylation sites is 4. The van der Waals surface area contributed by atoms with Crippen molar-refractivity contribution in [1.82, 2.24) is 19.5 Å². The Morgan fingerprint density at radius 2 is 0.927 bits per heavy atom. The van der Waals surface area contributed by atoms with E-state index in [9.17, 15) is 0 Å². The minimum atomic E-state index is 0.628. The largest absolute Gasteiger partial charge is 0.320 e. The van der Waals surface area contributed by atoms with Crippen LogP contribution in [-0.2, 0) is 0 Å². The molecule has 0 radical (unpaired) electrons. The molecule has 41 heavy (non-hydrogen) atoms. The van der Waals surface area contributed by atoms with Gasteiger partial charge in [0.2, 0.25) is 0 Å². The highest BCUT2D eigenvalue weighted by atomic mass is 15.2. The lowest BCUT2D eigenvalue weighted by molar-refractivity contribution is 0.596. The summed E-state index contributed by atoms with van der Waals surface area (Å²) in [6.45, 7) is 0. The second-order valence-corrected chi connectivity index (χ2v) is 11.3. The first-order chi connectivity index (χ1) is 20.3. The van der Waals surface area contributed by atoms with Crippen LogP contribution in [0.25, 0.3) is 67.1 Å². The van der Waals surface area contributed by atoms with Crippen LogP contribution >= 0.6 is 0 Å². The molecule has 0 N–H and O–H groups in total. The maximum atomic E-state index is 5.05. The first kappa shape index (κ1) is 22.7. The van der Waals surface area contributed by atoms with E-state index in [-0.39, 0.29) is 0 Å². The molecule has 9 rings (SSSR count). The zero-order chi connectivity index (χ0) is 26.9. The van der Waals surface area contributed by atoms with Gasteiger partial charge in [-0.15, -0.1) is 0 Å². The van der Waals surface area contributed by atoms with Crippen molar-refractivity contribution in [3.05, 3.63) is 127 Å². The quantitative estimate of drug-likeness (QED) is 0.225. The average Bonchev–Trinajstić information content (AvgIpc) is 3.94. The van der Waals surface area contributed by atoms with Crippen molar-refractivity contribution in [2.75, 3.05) is 0 Å². The molecule has 7 aromatic rings. The molecule has 0 bridgehead atoms. The third-order valence-corrected chi connectivity index (χ3v) is 8.77. The molecule has 0 amide bonds. The smallest absolute Gasteiger partial charge is 0.141 e. The van der Waals surface area contributed by atoms with Crippen molar-refractivity contribution in [2.24, 2.45) is 11.8 Å². The molecular weight excluding hydrogens is 500 g/mol. The van der Waals surface area contributed by atoms with Gasteiger partial charge < -0.3 is 4.57 Å². The zero-order valence-corrected chi connectivity index (χ0v) is 22.4. The van der Waals surface area contributed by atoms with E-state index in [0.717, 1.165) is 56.7 Å². The summed E-state index contributed by atoms with van der Waals surface area (Å²) in [5, 5.41) is 0. The molecule has 2 unspecified atom stereocenters. The lowest BCUT2D eigenvalue weighted by Gasteiger charge is -2.13. The molecule has 5 aromatic carbocycles. The van der Waals surface area contributed by atoms with Crippen molar-refractivity contribution >= 4 is 22.1 Å². The third-order valence-electron chi connectivity index (χ3n) is 8.77. The second kappa shape index (κ2) is 8.70. The van der Waals surface area contributed by atoms with Gasteiger partial charge in [0.05, 0.1) is 33.5 Å². The van der Waals surface area contributed by atoms with Gasteiger partial charge in [0, 0.05) is 22.7 Å². The average molecular weight is 527 g/mol. The molecule has 2 heterocycles. The number of rotatable bonds is 5. The number of fused-ring (bicyclic) bond motifs is 3. The first-order valence-electron chi connectivity index (χ1n) is 14.3. The predicted octanol–water partition coefficient (Wildman–Crippen LogP) is 8.84. The summed E-state index contributed by atoms with van der Waals surface area (Å²) >= 11 is 0. The Hall–Kier alpha value is -5.09. The summed E-state index contributed by atoms with van der Waals surface area (Å²) in [4.78, 5) is 15.1. The number of hydrogen-bond acceptors (Lipinski definition) is 3. The summed E-state index contributed by atoms with van der Waals surface area (Å²) in [5.74, 6) is 2.81. The Balaban J connectivity index is 1.07. The molecule has 2 aliphatic carbocycles. The van der Waals surface area contributed by atoms with E-state index in [1.807, 2.05) is 42.5 Å². The van der Waals surface area contributed by atoms with Crippen LogP contribution in [0.1, 0.15) is 12.5 Å². The molecule has 2 fully saturated rings. The minimum Gasteiger partial charge on any atom is -0.320 e. The summed E-state index contributed by atoms with van der Waals surface area (Å²) in [6, 6.07) is 45.1. The molecule has 0 aliphatic heterocycles. The molecule has 4 heteroatoms. The molecule has 194 valence electrons. The summed E-state index contributed by atoms with van der Waals surface area (Å²) in [6.07, 6.45) is 1.38. The van der Waals surface area contributed by atoms with Gasteiger partial charge in [-0.05, 0) is 53.6 Å². The second-order valence-electron chi connectivity index (χ2n) is 11.3. The molecule has 0 saturated heterocycles. The third kappa shape index (κ3) is 3.71. The van der Waals surface area contributed by atoms with Gasteiger partial charge in [-0.3, -0.25) is 0 Å². The number of benzene rings is 5. The number of imidazole rings is 1. The van der Waals surface area contributed by atoms with Crippen molar-refractivity contribution in [3.8, 4) is 45.0 Å². The Bertz CT molecular complexity index is 2070. The molecule has 2 atom stereocenters. The summed E-state index contributed by atoms with van der Waals surface area (Å²) in [5.41, 5.74) is 11.6. The van der Waals surface area contributed by atoms with E-state index in [2.05, 4.69) is 89.5 Å². The lowest BCUT2D eigenvalue weighted by atomic mass is 9.99. The van der Waals surface area contributed by atoms with E-state index >= 15 is 0 Å². The Labute approximate surface area is 238 Å². The van der Waals surface area contributed by atoms with E-state index in [0.29, 0.717) is 6.04 Å². The van der Waals surface area contributed by atoms with Crippen LogP contribution in [0.4, 0.5) is 0 Å².